The Balaban J connectivity index is 2.20. The first-order valence-electron chi connectivity index (χ1n) is 10.0. The number of rotatable bonds is 8. The van der Waals surface area contributed by atoms with Crippen LogP contribution in [-0.4, -0.2) is 9.67 Å². The minimum atomic E-state index is -0.475. The van der Waals surface area contributed by atoms with Crippen molar-refractivity contribution in [3.05, 3.63) is 52.6 Å². The molecule has 0 fully saturated rings. The topological polar surface area (TPSA) is 42.2 Å². The lowest BCUT2D eigenvalue weighted by Crippen LogP contribution is -2.25. The Morgan fingerprint density at radius 2 is 1.67 bits per heavy atom. The lowest BCUT2D eigenvalue weighted by Gasteiger charge is -2.21. The number of phenols is 1. The van der Waals surface area contributed by atoms with Gasteiger partial charge in [0.1, 0.15) is 11.6 Å². The van der Waals surface area contributed by atoms with Gasteiger partial charge in [0.25, 0.3) is 5.56 Å². The Morgan fingerprint density at radius 1 is 1.00 bits per heavy atom. The van der Waals surface area contributed by atoms with E-state index in [2.05, 4.69) is 13.8 Å². The Morgan fingerprint density at radius 3 is 2.33 bits per heavy atom. The maximum atomic E-state index is 14.5. The molecular formula is C23H28FNO2. The maximum Gasteiger partial charge on any atom is 0.262 e. The van der Waals surface area contributed by atoms with Crippen molar-refractivity contribution in [2.45, 2.75) is 58.9 Å². The van der Waals surface area contributed by atoms with Crippen LogP contribution in [0.2, 0.25) is 0 Å². The molecule has 3 nitrogen and oxygen atoms in total. The van der Waals surface area contributed by atoms with Gasteiger partial charge in [0.05, 0.1) is 10.9 Å². The van der Waals surface area contributed by atoms with Gasteiger partial charge in [-0.15, -0.1) is 0 Å². The molecule has 0 amide bonds. The quantitative estimate of drug-likeness (QED) is 0.495. The number of pyridine rings is 1. The number of benzene rings is 2. The highest BCUT2D eigenvalue weighted by atomic mass is 19.1. The molecule has 0 unspecified atom stereocenters. The monoisotopic (exact) mass is 369 g/mol. The average molecular weight is 369 g/mol. The number of aromatic hydroxyl groups is 1. The molecule has 0 spiro atoms. The minimum Gasteiger partial charge on any atom is -0.507 e. The Bertz CT molecular complexity index is 985. The zero-order chi connectivity index (χ0) is 19.4. The van der Waals surface area contributed by atoms with Gasteiger partial charge in [-0.25, -0.2) is 4.39 Å². The summed E-state index contributed by atoms with van der Waals surface area (Å²) in [4.78, 5) is 13.2. The van der Waals surface area contributed by atoms with Gasteiger partial charge in [-0.2, -0.15) is 0 Å². The molecule has 0 bridgehead atoms. The molecule has 0 atom stereocenters. The van der Waals surface area contributed by atoms with E-state index in [4.69, 9.17) is 0 Å². The lowest BCUT2D eigenvalue weighted by molar-refractivity contribution is 0.368. The van der Waals surface area contributed by atoms with Gasteiger partial charge in [0.2, 0.25) is 0 Å². The zero-order valence-electron chi connectivity index (χ0n) is 16.2. The van der Waals surface area contributed by atoms with Crippen molar-refractivity contribution in [2.24, 2.45) is 5.92 Å². The molecule has 0 aliphatic heterocycles. The van der Waals surface area contributed by atoms with Crippen LogP contribution in [0.3, 0.4) is 0 Å². The van der Waals surface area contributed by atoms with Gasteiger partial charge in [0, 0.05) is 17.3 Å². The first-order valence-corrected chi connectivity index (χ1v) is 10.0. The number of nitrogens with zero attached hydrogens (tertiary/aromatic N) is 1. The molecule has 4 heteroatoms. The zero-order valence-corrected chi connectivity index (χ0v) is 16.2. The SMILES string of the molecule is CCCCC(CCCC)Cn1c(=O)c2c(O)ccc(F)c2c2ccccc21. The summed E-state index contributed by atoms with van der Waals surface area (Å²) in [7, 11) is 0. The minimum absolute atomic E-state index is 0.0819. The van der Waals surface area contributed by atoms with Crippen LogP contribution >= 0.6 is 0 Å². The smallest absolute Gasteiger partial charge is 0.262 e. The van der Waals surface area contributed by atoms with Gasteiger partial charge in [-0.1, -0.05) is 57.7 Å². The number of halogens is 1. The lowest BCUT2D eigenvalue weighted by atomic mass is 9.95. The number of hydrogen-bond donors (Lipinski definition) is 1. The summed E-state index contributed by atoms with van der Waals surface area (Å²) in [5.74, 6) is -0.231. The first kappa shape index (κ1) is 19.4. The van der Waals surface area contributed by atoms with E-state index in [1.807, 2.05) is 24.3 Å². The summed E-state index contributed by atoms with van der Waals surface area (Å²) >= 11 is 0. The number of aromatic nitrogens is 1. The predicted molar refractivity (Wildman–Crippen MR) is 110 cm³/mol. The third-order valence-corrected chi connectivity index (χ3v) is 5.43. The predicted octanol–water partition coefficient (Wildman–Crippen LogP) is 6.00. The van der Waals surface area contributed by atoms with Crippen molar-refractivity contribution in [2.75, 3.05) is 0 Å². The molecule has 1 heterocycles. The number of para-hydroxylation sites is 1. The fourth-order valence-corrected chi connectivity index (χ4v) is 3.96. The van der Waals surface area contributed by atoms with Crippen LogP contribution in [0.15, 0.2) is 41.2 Å². The number of phenolic OH excluding ortho intramolecular Hbond substituents is 1. The van der Waals surface area contributed by atoms with Crippen LogP contribution < -0.4 is 5.56 Å². The van der Waals surface area contributed by atoms with Crippen molar-refractivity contribution in [1.29, 1.82) is 0 Å². The van der Waals surface area contributed by atoms with E-state index < -0.39 is 5.82 Å². The van der Waals surface area contributed by atoms with Gasteiger partial charge < -0.3 is 9.67 Å². The van der Waals surface area contributed by atoms with Crippen LogP contribution in [0.5, 0.6) is 5.75 Å². The molecular weight excluding hydrogens is 341 g/mol. The average Bonchev–Trinajstić information content (AvgIpc) is 2.68. The van der Waals surface area contributed by atoms with Crippen LogP contribution in [-0.2, 0) is 6.54 Å². The fourth-order valence-electron chi connectivity index (χ4n) is 3.96. The van der Waals surface area contributed by atoms with Crippen LogP contribution in [0.4, 0.5) is 4.39 Å². The highest BCUT2D eigenvalue weighted by Gasteiger charge is 2.19. The van der Waals surface area contributed by atoms with E-state index in [1.165, 1.54) is 12.1 Å². The summed E-state index contributed by atoms with van der Waals surface area (Å²) in [5.41, 5.74) is 0.427. The summed E-state index contributed by atoms with van der Waals surface area (Å²) in [6.07, 6.45) is 6.67. The van der Waals surface area contributed by atoms with Crippen molar-refractivity contribution in [1.82, 2.24) is 4.57 Å². The fraction of sp³-hybridized carbons (Fsp3) is 0.435. The highest BCUT2D eigenvalue weighted by Crippen LogP contribution is 2.31. The molecule has 1 aromatic heterocycles. The molecule has 0 aliphatic carbocycles. The molecule has 0 aliphatic rings. The van der Waals surface area contributed by atoms with E-state index >= 15 is 0 Å². The van der Waals surface area contributed by atoms with E-state index in [1.54, 1.807) is 4.57 Å². The Kier molecular flexibility index (Phi) is 6.15. The molecule has 2 aromatic carbocycles. The number of hydrogen-bond acceptors (Lipinski definition) is 2. The number of unbranched alkanes of at least 4 members (excludes halogenated alkanes) is 2. The molecule has 1 N–H and O–H groups in total. The van der Waals surface area contributed by atoms with Crippen molar-refractivity contribution in [3.8, 4) is 5.75 Å². The highest BCUT2D eigenvalue weighted by molar-refractivity contribution is 6.07. The van der Waals surface area contributed by atoms with E-state index in [9.17, 15) is 14.3 Å². The molecule has 3 aromatic rings. The summed E-state index contributed by atoms with van der Waals surface area (Å²) in [5, 5.41) is 11.3. The first-order chi connectivity index (χ1) is 13.1. The summed E-state index contributed by atoms with van der Waals surface area (Å²) in [6, 6.07) is 9.90. The molecule has 0 saturated carbocycles. The summed E-state index contributed by atoms with van der Waals surface area (Å²) in [6.45, 7) is 4.95. The van der Waals surface area contributed by atoms with Crippen molar-refractivity contribution >= 4 is 21.7 Å². The third-order valence-electron chi connectivity index (χ3n) is 5.43. The number of fused-ring (bicyclic) bond motifs is 3. The second-order valence-electron chi connectivity index (χ2n) is 7.40. The normalized spacial score (nSPS) is 11.7. The standard InChI is InChI=1S/C23H28FNO2/c1-3-5-9-16(10-6-4-2)15-25-19-12-8-7-11-17(19)21-18(24)13-14-20(26)22(21)23(25)27/h7-8,11-14,16,26H,3-6,9-10,15H2,1-2H3. The molecule has 144 valence electrons. The Hall–Kier alpha value is -2.36. The van der Waals surface area contributed by atoms with Crippen LogP contribution in [0.1, 0.15) is 52.4 Å². The molecule has 27 heavy (non-hydrogen) atoms. The van der Waals surface area contributed by atoms with E-state index in [-0.39, 0.29) is 22.1 Å². The van der Waals surface area contributed by atoms with Gasteiger partial charge in [0.15, 0.2) is 0 Å². The van der Waals surface area contributed by atoms with Crippen LogP contribution in [0, 0.1) is 11.7 Å². The van der Waals surface area contributed by atoms with Gasteiger partial charge >= 0.3 is 0 Å². The molecule has 3 rings (SSSR count). The van der Waals surface area contributed by atoms with Crippen LogP contribution in [0.25, 0.3) is 21.7 Å². The second kappa shape index (κ2) is 8.55. The Labute approximate surface area is 159 Å². The van der Waals surface area contributed by atoms with E-state index in [0.29, 0.717) is 17.8 Å². The molecule has 0 radical (unpaired) electrons. The molecule has 0 saturated heterocycles. The second-order valence-corrected chi connectivity index (χ2v) is 7.40. The van der Waals surface area contributed by atoms with Gasteiger partial charge in [-0.3, -0.25) is 4.79 Å². The van der Waals surface area contributed by atoms with Crippen molar-refractivity contribution in [3.63, 3.8) is 0 Å². The largest absolute Gasteiger partial charge is 0.507 e. The maximum absolute atomic E-state index is 14.5. The van der Waals surface area contributed by atoms with E-state index in [0.717, 1.165) is 44.0 Å². The van der Waals surface area contributed by atoms with Crippen molar-refractivity contribution < 1.29 is 9.50 Å². The third kappa shape index (κ3) is 3.85. The van der Waals surface area contributed by atoms with Gasteiger partial charge in [-0.05, 0) is 37.0 Å². The summed E-state index contributed by atoms with van der Waals surface area (Å²) < 4.78 is 16.3.